The van der Waals surface area contributed by atoms with E-state index in [4.69, 9.17) is 14.9 Å². The van der Waals surface area contributed by atoms with Crippen molar-refractivity contribution in [2.45, 2.75) is 88.9 Å². The normalized spacial score (nSPS) is 51.2. The lowest BCUT2D eigenvalue weighted by Crippen LogP contribution is -2.75. The van der Waals surface area contributed by atoms with Crippen LogP contribution in [0.3, 0.4) is 0 Å². The van der Waals surface area contributed by atoms with Gasteiger partial charge in [-0.2, -0.15) is 21.5 Å². The van der Waals surface area contributed by atoms with Gasteiger partial charge in [0.2, 0.25) is 0 Å². The number of aliphatic hydroxyl groups is 1. The van der Waals surface area contributed by atoms with E-state index in [2.05, 4.69) is 35.8 Å². The van der Waals surface area contributed by atoms with E-state index in [9.17, 15) is 5.11 Å². The molecule has 6 fully saturated rings. The quantitative estimate of drug-likeness (QED) is 0.403. The topological polar surface area (TPSA) is 63.4 Å². The van der Waals surface area contributed by atoms with Crippen LogP contribution in [0.4, 0.5) is 0 Å². The number of thiophene rings is 1. The van der Waals surface area contributed by atoms with E-state index < -0.39 is 0 Å². The van der Waals surface area contributed by atoms with E-state index in [0.29, 0.717) is 11.8 Å². The van der Waals surface area contributed by atoms with Crippen LogP contribution in [0.15, 0.2) is 27.0 Å². The molecule has 2 bridgehead atoms. The Balaban J connectivity index is 1.33. The summed E-state index contributed by atoms with van der Waals surface area (Å²) in [5.41, 5.74) is 1.98. The van der Waals surface area contributed by atoms with Crippen LogP contribution in [-0.2, 0) is 9.78 Å². The Morgan fingerprint density at radius 1 is 1.10 bits per heavy atom. The molecule has 6 heteroatoms. The maximum Gasteiger partial charge on any atom is 0.112 e. The molecule has 1 aromatic heterocycles. The fraction of sp³-hybridized carbons (Fsp3) is 0.750. The van der Waals surface area contributed by atoms with Crippen molar-refractivity contribution in [3.63, 3.8) is 0 Å². The summed E-state index contributed by atoms with van der Waals surface area (Å²) in [4.78, 5) is 12.7. The second kappa shape index (κ2) is 6.47. The van der Waals surface area contributed by atoms with Gasteiger partial charge >= 0.3 is 0 Å². The van der Waals surface area contributed by atoms with Crippen molar-refractivity contribution in [1.29, 1.82) is 0 Å². The van der Waals surface area contributed by atoms with Gasteiger partial charge in [-0.05, 0) is 74.1 Å². The highest BCUT2D eigenvalue weighted by molar-refractivity contribution is 7.08. The van der Waals surface area contributed by atoms with Gasteiger partial charge in [-0.1, -0.05) is 13.8 Å². The van der Waals surface area contributed by atoms with E-state index in [-0.39, 0.29) is 28.1 Å². The molecule has 1 aromatic rings. The Bertz CT molecular complexity index is 888. The molecule has 0 amide bonds. The first-order valence-electron chi connectivity index (χ1n) is 11.6. The van der Waals surface area contributed by atoms with E-state index in [1.165, 1.54) is 5.71 Å². The number of fused-ring (bicyclic) bond motifs is 3. The maximum absolute atomic E-state index is 10.4. The van der Waals surface area contributed by atoms with Crippen LogP contribution >= 0.6 is 11.3 Å². The highest BCUT2D eigenvalue weighted by atomic mass is 32.1. The molecule has 5 nitrogen and oxygen atoms in total. The van der Waals surface area contributed by atoms with Crippen LogP contribution in [0.25, 0.3) is 0 Å². The second-order valence-electron chi connectivity index (χ2n) is 10.9. The summed E-state index contributed by atoms with van der Waals surface area (Å²) >= 11 is 1.68. The Morgan fingerprint density at radius 3 is 2.77 bits per heavy atom. The van der Waals surface area contributed by atoms with E-state index >= 15 is 0 Å². The highest BCUT2D eigenvalue weighted by Gasteiger charge is 2.75. The maximum atomic E-state index is 10.4. The average molecular weight is 429 g/mol. The number of rotatable bonds is 2. The summed E-state index contributed by atoms with van der Waals surface area (Å²) in [5.74, 6) is 0.938. The summed E-state index contributed by atoms with van der Waals surface area (Å²) in [5, 5.41) is 23.7. The molecule has 7 atom stereocenters. The number of hydrogen-bond donors (Lipinski definition) is 1. The summed E-state index contributed by atoms with van der Waals surface area (Å²) in [7, 11) is 0. The molecule has 0 aromatic carbocycles. The molecular weight excluding hydrogens is 396 g/mol. The number of nitrogens with zero attached hydrogens (tertiary/aromatic N) is 2. The van der Waals surface area contributed by atoms with Crippen molar-refractivity contribution >= 4 is 23.3 Å². The zero-order valence-electron chi connectivity index (χ0n) is 18.0. The predicted molar refractivity (Wildman–Crippen MR) is 118 cm³/mol. The number of aliphatic hydroxyl groups excluding tert-OH is 1. The van der Waals surface area contributed by atoms with Crippen LogP contribution in [0, 0.1) is 22.7 Å². The Morgan fingerprint density at radius 2 is 2.00 bits per heavy atom. The van der Waals surface area contributed by atoms with Gasteiger partial charge in [0.25, 0.3) is 0 Å². The van der Waals surface area contributed by atoms with Gasteiger partial charge in [-0.15, -0.1) is 0 Å². The van der Waals surface area contributed by atoms with Gasteiger partial charge in [-0.25, -0.2) is 9.78 Å². The van der Waals surface area contributed by atoms with Crippen LogP contribution in [0.5, 0.6) is 0 Å². The van der Waals surface area contributed by atoms with Gasteiger partial charge < -0.3 is 5.11 Å². The minimum Gasteiger partial charge on any atom is -0.393 e. The van der Waals surface area contributed by atoms with E-state index in [1.807, 2.05) is 6.21 Å². The summed E-state index contributed by atoms with van der Waals surface area (Å²) < 4.78 is 0. The molecule has 4 aliphatic carbocycles. The minimum absolute atomic E-state index is 0.0354. The largest absolute Gasteiger partial charge is 0.393 e. The zero-order valence-corrected chi connectivity index (χ0v) is 18.8. The second-order valence-corrected chi connectivity index (χ2v) is 11.7. The monoisotopic (exact) mass is 428 g/mol. The van der Waals surface area contributed by atoms with E-state index in [0.717, 1.165) is 63.4 Å². The highest BCUT2D eigenvalue weighted by Crippen LogP contribution is 2.73. The third kappa shape index (κ3) is 2.39. The third-order valence-corrected chi connectivity index (χ3v) is 10.5. The molecule has 162 valence electrons. The van der Waals surface area contributed by atoms with E-state index in [1.54, 1.807) is 11.3 Å². The molecule has 3 heterocycles. The first-order chi connectivity index (χ1) is 14.4. The van der Waals surface area contributed by atoms with Gasteiger partial charge in [-0.3, -0.25) is 0 Å². The summed E-state index contributed by atoms with van der Waals surface area (Å²) in [6, 6.07) is 2.07. The SMILES string of the molecule is C[C@]12CC[C@H]3[C@]4(CC[C@]5(C[C@@H](O)CC[C@]35C)OO4)[C@@H]1CC/C2=N/N=C/c1ccsc1. The van der Waals surface area contributed by atoms with Crippen molar-refractivity contribution in [2.75, 3.05) is 0 Å². The fourth-order valence-electron chi connectivity index (χ4n) is 8.18. The molecule has 2 saturated heterocycles. The van der Waals surface area contributed by atoms with Crippen LogP contribution in [0.2, 0.25) is 0 Å². The molecule has 2 aliphatic heterocycles. The average Bonchev–Trinajstić information content (AvgIpc) is 3.36. The van der Waals surface area contributed by atoms with Gasteiger partial charge in [0.05, 0.1) is 12.3 Å². The molecular formula is C24H32N2O3S. The lowest BCUT2D eigenvalue weighted by Gasteiger charge is -2.71. The van der Waals surface area contributed by atoms with Crippen molar-refractivity contribution in [3.05, 3.63) is 22.4 Å². The molecule has 4 saturated carbocycles. The third-order valence-electron chi connectivity index (χ3n) is 9.81. The molecule has 7 rings (SSSR count). The van der Waals surface area contributed by atoms with Gasteiger partial charge in [0, 0.05) is 34.4 Å². The molecule has 1 N–H and O–H groups in total. The van der Waals surface area contributed by atoms with Crippen molar-refractivity contribution < 1.29 is 14.9 Å². The Labute approximate surface area is 182 Å². The van der Waals surface area contributed by atoms with Gasteiger partial charge in [0.1, 0.15) is 11.2 Å². The lowest BCUT2D eigenvalue weighted by molar-refractivity contribution is -0.535. The first kappa shape index (κ1) is 19.6. The first-order valence-corrected chi connectivity index (χ1v) is 12.5. The predicted octanol–water partition coefficient (Wildman–Crippen LogP) is 5.13. The molecule has 30 heavy (non-hydrogen) atoms. The van der Waals surface area contributed by atoms with Crippen LogP contribution in [0.1, 0.15) is 77.2 Å². The van der Waals surface area contributed by atoms with Crippen molar-refractivity contribution in [2.24, 2.45) is 32.9 Å². The molecule has 6 aliphatic rings. The van der Waals surface area contributed by atoms with Gasteiger partial charge in [0.15, 0.2) is 0 Å². The lowest BCUT2D eigenvalue weighted by atomic mass is 9.41. The summed E-state index contributed by atoms with van der Waals surface area (Å²) in [6.45, 7) is 4.82. The van der Waals surface area contributed by atoms with Crippen molar-refractivity contribution in [1.82, 2.24) is 0 Å². The molecule has 0 radical (unpaired) electrons. The fourth-order valence-corrected chi connectivity index (χ4v) is 8.79. The van der Waals surface area contributed by atoms with Crippen LogP contribution < -0.4 is 0 Å². The van der Waals surface area contributed by atoms with Crippen molar-refractivity contribution in [3.8, 4) is 0 Å². The zero-order chi connectivity index (χ0) is 20.6. The Kier molecular flexibility index (Phi) is 4.23. The van der Waals surface area contributed by atoms with Crippen LogP contribution in [-0.4, -0.2) is 34.3 Å². The molecule has 2 spiro atoms. The Hall–Kier alpha value is -1.08. The molecule has 0 unspecified atom stereocenters. The number of hydrogen-bond acceptors (Lipinski definition) is 6. The smallest absolute Gasteiger partial charge is 0.112 e. The standard InChI is InChI=1S/C24H32N2O3S/c1-21-8-6-19-22(2)9-5-17(27)13-23(22)10-11-24(19,29-28-23)18(21)3-4-20(21)26-25-14-16-7-12-30-15-16/h7,12,14-15,17-19,27H,3-6,8-11,13H2,1-2H3/b25-14+,26-20-/t17-,18+,19+,21-,22+,23+,24-/m0/s1. The summed E-state index contributed by atoms with van der Waals surface area (Å²) in [6.07, 6.45) is 10.7. The minimum atomic E-state index is -0.300.